The van der Waals surface area contributed by atoms with E-state index in [-0.39, 0.29) is 37.6 Å². The Morgan fingerprint density at radius 1 is 0.591 bits per heavy atom. The lowest BCUT2D eigenvalue weighted by Gasteiger charge is -1.85. The van der Waals surface area contributed by atoms with Gasteiger partial charge in [-0.3, -0.25) is 19.2 Å². The third-order valence-corrected chi connectivity index (χ3v) is 1.46. The van der Waals surface area contributed by atoms with Crippen LogP contribution in [0.15, 0.2) is 0 Å². The van der Waals surface area contributed by atoms with Crippen molar-refractivity contribution in [2.24, 2.45) is 0 Å². The summed E-state index contributed by atoms with van der Waals surface area (Å²) < 4.78 is 0. The van der Waals surface area contributed by atoms with Gasteiger partial charge in [-0.05, 0) is 0 Å². The minimum atomic E-state index is -1.08. The highest BCUT2D eigenvalue weighted by atomic mass is 32.1. The van der Waals surface area contributed by atoms with Crippen molar-refractivity contribution in [1.82, 2.24) is 0 Å². The molecule has 0 aromatic rings. The quantitative estimate of drug-likeness (QED) is 0.269. The lowest BCUT2D eigenvalue weighted by Crippen LogP contribution is -2.00. The molecule has 0 bridgehead atoms. The third-order valence-electron chi connectivity index (χ3n) is 0.923. The van der Waals surface area contributed by atoms with Crippen LogP contribution in [0.1, 0.15) is 12.8 Å². The van der Waals surface area contributed by atoms with Crippen LogP contribution in [0.25, 0.3) is 0 Å². The fourth-order valence-corrected chi connectivity index (χ4v) is 0.214. The van der Waals surface area contributed by atoms with Crippen LogP contribution in [0.2, 0.25) is 0 Å². The standard InChI is InChI=1S/C4H6O4.2C2H4O2S.C2H6O2/c5-3(6)1-2-4(7)8;2*3-2(4)1-5;3-1-2-4/h1-2H2,(H,5,6)(H,7,8);2*5H,1H2,(H,3,4);3-4H,1-2H2. The SMILES string of the molecule is O=C(O)CCC(=O)O.O=C(O)CS.O=C(O)CS.OCCO. The molecule has 10 nitrogen and oxygen atoms in total. The fourth-order valence-electron chi connectivity index (χ4n) is 0.214. The molecular formula is C10H20O10S2. The maximum Gasteiger partial charge on any atom is 0.313 e. The Morgan fingerprint density at radius 2 is 0.773 bits per heavy atom. The van der Waals surface area contributed by atoms with E-state index in [1.54, 1.807) is 0 Å². The summed E-state index contributed by atoms with van der Waals surface area (Å²) >= 11 is 6.83. The van der Waals surface area contributed by atoms with E-state index in [2.05, 4.69) is 25.3 Å². The molecule has 0 aliphatic heterocycles. The summed E-state index contributed by atoms with van der Waals surface area (Å²) in [5.74, 6) is -4.08. The molecule has 0 aliphatic carbocycles. The lowest BCUT2D eigenvalue weighted by atomic mass is 10.3. The number of aliphatic hydroxyl groups is 2. The molecule has 0 saturated heterocycles. The Labute approximate surface area is 137 Å². The lowest BCUT2D eigenvalue weighted by molar-refractivity contribution is -0.143. The first-order chi connectivity index (χ1) is 10.1. The molecule has 12 heteroatoms. The van der Waals surface area contributed by atoms with Crippen LogP contribution < -0.4 is 0 Å². The Morgan fingerprint density at radius 3 is 0.818 bits per heavy atom. The Balaban J connectivity index is -0.000000102. The van der Waals surface area contributed by atoms with Crippen molar-refractivity contribution in [1.29, 1.82) is 0 Å². The van der Waals surface area contributed by atoms with Crippen LogP contribution >= 0.6 is 25.3 Å². The number of carbonyl (C=O) groups is 4. The van der Waals surface area contributed by atoms with E-state index >= 15 is 0 Å². The second-order valence-electron chi connectivity index (χ2n) is 2.84. The van der Waals surface area contributed by atoms with Gasteiger partial charge in [-0.2, -0.15) is 25.3 Å². The topological polar surface area (TPSA) is 190 Å². The van der Waals surface area contributed by atoms with E-state index in [0.717, 1.165) is 0 Å². The van der Waals surface area contributed by atoms with Gasteiger partial charge < -0.3 is 30.6 Å². The van der Waals surface area contributed by atoms with E-state index in [0.29, 0.717) is 0 Å². The fraction of sp³-hybridized carbons (Fsp3) is 0.600. The molecule has 0 amide bonds. The number of thiol groups is 2. The highest BCUT2D eigenvalue weighted by molar-refractivity contribution is 7.81. The molecule has 22 heavy (non-hydrogen) atoms. The maximum atomic E-state index is 9.64. The largest absolute Gasteiger partial charge is 0.481 e. The van der Waals surface area contributed by atoms with Crippen molar-refractivity contribution >= 4 is 49.1 Å². The van der Waals surface area contributed by atoms with Crippen LogP contribution in [-0.4, -0.2) is 79.2 Å². The van der Waals surface area contributed by atoms with Crippen LogP contribution in [-0.2, 0) is 19.2 Å². The van der Waals surface area contributed by atoms with E-state index in [1.165, 1.54) is 0 Å². The molecule has 0 radical (unpaired) electrons. The van der Waals surface area contributed by atoms with Crippen LogP contribution in [0.4, 0.5) is 0 Å². The summed E-state index contributed by atoms with van der Waals surface area (Å²) in [7, 11) is 0. The van der Waals surface area contributed by atoms with Gasteiger partial charge in [-0.25, -0.2) is 0 Å². The highest BCUT2D eigenvalue weighted by Crippen LogP contribution is 1.86. The zero-order chi connectivity index (χ0) is 18.6. The maximum absolute atomic E-state index is 9.64. The van der Waals surface area contributed by atoms with Crippen LogP contribution in [0, 0.1) is 0 Å². The average Bonchev–Trinajstić information content (AvgIpc) is 2.46. The first-order valence-corrected chi connectivity index (χ1v) is 6.65. The monoisotopic (exact) mass is 364 g/mol. The predicted molar refractivity (Wildman–Crippen MR) is 81.7 cm³/mol. The van der Waals surface area contributed by atoms with E-state index in [1.807, 2.05) is 0 Å². The summed E-state index contributed by atoms with van der Waals surface area (Å²) in [6.07, 6.45) is -0.593. The number of carboxylic acid groups (broad SMARTS) is 4. The molecule has 0 atom stereocenters. The second kappa shape index (κ2) is 24.5. The first kappa shape index (κ1) is 28.6. The molecule has 0 heterocycles. The Bertz CT molecular complexity index is 278. The summed E-state index contributed by atoms with van der Waals surface area (Å²) in [6.45, 7) is -0.250. The van der Waals surface area contributed by atoms with Crippen molar-refractivity contribution in [3.8, 4) is 0 Å². The molecule has 0 unspecified atom stereocenters. The molecular weight excluding hydrogens is 344 g/mol. The van der Waals surface area contributed by atoms with E-state index in [4.69, 9.17) is 30.6 Å². The van der Waals surface area contributed by atoms with Gasteiger partial charge in [0.1, 0.15) is 0 Å². The minimum Gasteiger partial charge on any atom is -0.481 e. The van der Waals surface area contributed by atoms with Gasteiger partial charge in [0.05, 0.1) is 37.6 Å². The van der Waals surface area contributed by atoms with Gasteiger partial charge in [-0.1, -0.05) is 0 Å². The second-order valence-corrected chi connectivity index (χ2v) is 3.47. The summed E-state index contributed by atoms with van der Waals surface area (Å²) in [6, 6.07) is 0. The third kappa shape index (κ3) is 78.4. The molecule has 0 saturated carbocycles. The number of hydrogen-bond donors (Lipinski definition) is 8. The van der Waals surface area contributed by atoms with Crippen molar-refractivity contribution in [2.45, 2.75) is 12.8 Å². The molecule has 0 aliphatic rings. The average molecular weight is 364 g/mol. The molecule has 0 fully saturated rings. The normalized spacial score (nSPS) is 7.82. The van der Waals surface area contributed by atoms with Gasteiger partial charge in [0.25, 0.3) is 0 Å². The number of hydrogen-bond acceptors (Lipinski definition) is 8. The van der Waals surface area contributed by atoms with Crippen LogP contribution in [0.5, 0.6) is 0 Å². The van der Waals surface area contributed by atoms with Gasteiger partial charge >= 0.3 is 23.9 Å². The van der Waals surface area contributed by atoms with Crippen molar-refractivity contribution in [2.75, 3.05) is 24.7 Å². The number of carboxylic acids is 4. The molecule has 0 rings (SSSR count). The van der Waals surface area contributed by atoms with E-state index in [9.17, 15) is 19.2 Å². The van der Waals surface area contributed by atoms with Crippen molar-refractivity contribution in [3.63, 3.8) is 0 Å². The Hall–Kier alpha value is -1.50. The van der Waals surface area contributed by atoms with Gasteiger partial charge in [0.2, 0.25) is 0 Å². The number of rotatable bonds is 6. The number of aliphatic carboxylic acids is 4. The van der Waals surface area contributed by atoms with Gasteiger partial charge in [-0.15, -0.1) is 0 Å². The summed E-state index contributed by atoms with van der Waals surface area (Å²) in [5, 5.41) is 46.3. The smallest absolute Gasteiger partial charge is 0.313 e. The molecule has 0 aromatic carbocycles. The molecule has 0 aromatic heterocycles. The van der Waals surface area contributed by atoms with E-state index < -0.39 is 23.9 Å². The Kier molecular flexibility index (Phi) is 31.9. The zero-order valence-corrected chi connectivity index (χ0v) is 13.2. The van der Waals surface area contributed by atoms with Gasteiger partial charge in [0, 0.05) is 0 Å². The van der Waals surface area contributed by atoms with Crippen LogP contribution in [0.3, 0.4) is 0 Å². The highest BCUT2D eigenvalue weighted by Gasteiger charge is 2.00. The number of aliphatic hydroxyl groups excluding tert-OH is 2. The van der Waals surface area contributed by atoms with Crippen molar-refractivity contribution in [3.05, 3.63) is 0 Å². The first-order valence-electron chi connectivity index (χ1n) is 5.39. The predicted octanol–water partition coefficient (Wildman–Crippen LogP) is -1.09. The van der Waals surface area contributed by atoms with Crippen molar-refractivity contribution < 1.29 is 49.8 Å². The molecule has 132 valence electrons. The summed E-state index contributed by atoms with van der Waals surface area (Å²) in [5.41, 5.74) is 0. The molecule has 6 N–H and O–H groups in total. The van der Waals surface area contributed by atoms with Gasteiger partial charge in [0.15, 0.2) is 0 Å². The molecule has 0 spiro atoms. The summed E-state index contributed by atoms with van der Waals surface area (Å²) in [4.78, 5) is 37.9. The zero-order valence-electron chi connectivity index (χ0n) is 11.5. The minimum absolute atomic E-state index is 0.0833.